The highest BCUT2D eigenvalue weighted by Crippen LogP contribution is 2.20. The summed E-state index contributed by atoms with van der Waals surface area (Å²) in [5, 5.41) is 44.4. The van der Waals surface area contributed by atoms with Gasteiger partial charge in [-0.15, -0.1) is 0 Å². The van der Waals surface area contributed by atoms with Crippen molar-refractivity contribution in [3.63, 3.8) is 0 Å². The molecular weight excluding hydrogens is 424 g/mol. The highest BCUT2D eigenvalue weighted by Gasteiger charge is 2.11. The summed E-state index contributed by atoms with van der Waals surface area (Å²) in [7, 11) is 0. The van der Waals surface area contributed by atoms with Crippen LogP contribution in [0.3, 0.4) is 0 Å². The van der Waals surface area contributed by atoms with Crippen molar-refractivity contribution in [1.82, 2.24) is 0 Å². The molecule has 0 radical (unpaired) electrons. The fourth-order valence-corrected chi connectivity index (χ4v) is 3.57. The third-order valence-corrected chi connectivity index (χ3v) is 4.08. The van der Waals surface area contributed by atoms with Gasteiger partial charge in [0, 0.05) is 0 Å². The Kier molecular flexibility index (Phi) is 30.2. The van der Waals surface area contributed by atoms with Crippen molar-refractivity contribution in [1.29, 1.82) is 0 Å². The second-order valence-corrected chi connectivity index (χ2v) is 9.31. The molecule has 10 nitrogen and oxygen atoms in total. The molecule has 0 spiro atoms. The Morgan fingerprint density at radius 2 is 0.750 bits per heavy atom. The molecule has 0 aromatic rings. The molecule has 196 valence electrons. The molecule has 0 heterocycles. The van der Waals surface area contributed by atoms with E-state index in [2.05, 4.69) is 65.2 Å². The Bertz CT molecular complexity index is 370. The van der Waals surface area contributed by atoms with Crippen molar-refractivity contribution in [2.45, 2.75) is 81.1 Å². The Balaban J connectivity index is -0.000000184. The summed E-state index contributed by atoms with van der Waals surface area (Å²) >= 11 is 0. The quantitative estimate of drug-likeness (QED) is 0.131. The van der Waals surface area contributed by atoms with Crippen LogP contribution in [-0.4, -0.2) is 56.5 Å². The largest absolute Gasteiger partial charge is 0.503 e. The molecule has 10 heteroatoms. The van der Waals surface area contributed by atoms with Crippen molar-refractivity contribution in [2.75, 3.05) is 13.2 Å². The predicted molar refractivity (Wildman–Crippen MR) is 123 cm³/mol. The lowest BCUT2D eigenvalue weighted by molar-refractivity contribution is -0.250. The molecule has 0 aromatic heterocycles. The second-order valence-electron chi connectivity index (χ2n) is 9.31. The van der Waals surface area contributed by atoms with Crippen LogP contribution in [0, 0.1) is 35.5 Å². The number of carbonyl (C=O) groups is 2. The molecule has 4 atom stereocenters. The van der Waals surface area contributed by atoms with Crippen molar-refractivity contribution in [2.24, 2.45) is 35.5 Å². The molecule has 0 aromatic carbocycles. The van der Waals surface area contributed by atoms with Crippen LogP contribution >= 0.6 is 0 Å². The van der Waals surface area contributed by atoms with Crippen molar-refractivity contribution in [3.8, 4) is 0 Å². The lowest BCUT2D eigenvalue weighted by Crippen LogP contribution is -2.10. The summed E-state index contributed by atoms with van der Waals surface area (Å²) in [5.41, 5.74) is 0. The van der Waals surface area contributed by atoms with Gasteiger partial charge in [0.25, 0.3) is 0 Å². The van der Waals surface area contributed by atoms with Crippen LogP contribution in [0.4, 0.5) is 9.59 Å². The predicted octanol–water partition coefficient (Wildman–Crippen LogP) is 6.81. The van der Waals surface area contributed by atoms with E-state index in [-0.39, 0.29) is 0 Å². The van der Waals surface area contributed by atoms with Crippen LogP contribution in [-0.2, 0) is 9.78 Å². The highest BCUT2D eigenvalue weighted by molar-refractivity contribution is 5.53. The van der Waals surface area contributed by atoms with Gasteiger partial charge in [-0.2, -0.15) is 0 Å². The standard InChI is InChI=1S/2C10H22O2.2CH2O3/c2*1-8(2)5-9(3)6-10(4)7-12-11;2*2-1(3)4/h2*8-11H,5-7H2,1-4H3;2*(H2,2,3,4). The maximum atomic E-state index is 8.56. The summed E-state index contributed by atoms with van der Waals surface area (Å²) in [4.78, 5) is 25.3. The third-order valence-electron chi connectivity index (χ3n) is 4.08. The first-order chi connectivity index (χ1) is 14.6. The molecule has 0 saturated carbocycles. The number of rotatable bonds is 12. The Morgan fingerprint density at radius 1 is 0.531 bits per heavy atom. The Labute approximate surface area is 193 Å². The van der Waals surface area contributed by atoms with Crippen molar-refractivity contribution < 1.29 is 50.3 Å². The highest BCUT2D eigenvalue weighted by atomic mass is 17.1. The van der Waals surface area contributed by atoms with Crippen LogP contribution in [0.5, 0.6) is 0 Å². The first-order valence-electron chi connectivity index (χ1n) is 10.9. The van der Waals surface area contributed by atoms with E-state index in [0.29, 0.717) is 25.0 Å². The van der Waals surface area contributed by atoms with E-state index in [1.54, 1.807) is 0 Å². The zero-order valence-corrected chi connectivity index (χ0v) is 21.0. The van der Waals surface area contributed by atoms with Gasteiger partial charge in [0.15, 0.2) is 0 Å². The topological polar surface area (TPSA) is 174 Å². The van der Waals surface area contributed by atoms with Crippen LogP contribution < -0.4 is 0 Å². The monoisotopic (exact) mass is 472 g/mol. The van der Waals surface area contributed by atoms with E-state index < -0.39 is 12.3 Å². The molecule has 0 saturated heterocycles. The maximum Gasteiger partial charge on any atom is 0.503 e. The molecule has 0 aliphatic heterocycles. The van der Waals surface area contributed by atoms with E-state index in [1.807, 2.05) is 0 Å². The van der Waals surface area contributed by atoms with E-state index in [0.717, 1.165) is 36.5 Å². The molecule has 0 aliphatic rings. The van der Waals surface area contributed by atoms with Crippen LogP contribution in [0.15, 0.2) is 0 Å². The first-order valence-corrected chi connectivity index (χ1v) is 10.9. The normalized spacial score (nSPS) is 13.9. The minimum absolute atomic E-state index is 0.461. The molecule has 6 N–H and O–H groups in total. The van der Waals surface area contributed by atoms with Gasteiger partial charge in [0.2, 0.25) is 0 Å². The van der Waals surface area contributed by atoms with E-state index in [9.17, 15) is 0 Å². The molecule has 0 fully saturated rings. The minimum atomic E-state index is -1.83. The molecule has 4 unspecified atom stereocenters. The average Bonchev–Trinajstić information content (AvgIpc) is 2.52. The van der Waals surface area contributed by atoms with Gasteiger partial charge >= 0.3 is 12.3 Å². The number of carboxylic acid groups (broad SMARTS) is 4. The number of hydrogen-bond donors (Lipinski definition) is 6. The summed E-state index contributed by atoms with van der Waals surface area (Å²) in [6, 6.07) is 0. The fourth-order valence-electron chi connectivity index (χ4n) is 3.57. The van der Waals surface area contributed by atoms with Crippen LogP contribution in [0.1, 0.15) is 81.1 Å². The van der Waals surface area contributed by atoms with Gasteiger partial charge in [-0.3, -0.25) is 10.5 Å². The zero-order valence-electron chi connectivity index (χ0n) is 21.0. The van der Waals surface area contributed by atoms with Gasteiger partial charge in [-0.25, -0.2) is 19.4 Å². The van der Waals surface area contributed by atoms with Gasteiger partial charge in [-0.05, 0) is 61.2 Å². The second kappa shape index (κ2) is 25.6. The number of hydrogen-bond acceptors (Lipinski definition) is 6. The van der Waals surface area contributed by atoms with E-state index in [1.165, 1.54) is 12.8 Å². The lowest BCUT2D eigenvalue weighted by Gasteiger charge is -2.17. The van der Waals surface area contributed by atoms with Gasteiger partial charge in [-0.1, -0.05) is 55.4 Å². The van der Waals surface area contributed by atoms with Crippen LogP contribution in [0.25, 0.3) is 0 Å². The fraction of sp³-hybridized carbons (Fsp3) is 0.909. The molecule has 0 bridgehead atoms. The first kappa shape index (κ1) is 37.7. The average molecular weight is 473 g/mol. The summed E-state index contributed by atoms with van der Waals surface area (Å²) < 4.78 is 0. The van der Waals surface area contributed by atoms with Gasteiger partial charge in [0.05, 0.1) is 13.2 Å². The van der Waals surface area contributed by atoms with Crippen molar-refractivity contribution in [3.05, 3.63) is 0 Å². The van der Waals surface area contributed by atoms with Gasteiger partial charge < -0.3 is 20.4 Å². The zero-order chi connectivity index (χ0) is 26.3. The molecule has 0 aliphatic carbocycles. The SMILES string of the molecule is CC(C)CC(C)CC(C)COO.CC(C)CC(C)CC(C)COO.O=C(O)O.O=C(O)O. The molecule has 0 rings (SSSR count). The molecule has 0 amide bonds. The molecule has 32 heavy (non-hydrogen) atoms. The molecular formula is C22H48O10. The minimum Gasteiger partial charge on any atom is -0.450 e. The van der Waals surface area contributed by atoms with Gasteiger partial charge in [0.1, 0.15) is 0 Å². The summed E-state index contributed by atoms with van der Waals surface area (Å²) in [6.45, 7) is 18.6. The van der Waals surface area contributed by atoms with Crippen molar-refractivity contribution >= 4 is 12.3 Å². The van der Waals surface area contributed by atoms with E-state index >= 15 is 0 Å². The summed E-state index contributed by atoms with van der Waals surface area (Å²) in [6.07, 6.45) is 1.13. The van der Waals surface area contributed by atoms with Crippen LogP contribution in [0.2, 0.25) is 0 Å². The third kappa shape index (κ3) is 51.2. The maximum absolute atomic E-state index is 8.56. The smallest absolute Gasteiger partial charge is 0.450 e. The lowest BCUT2D eigenvalue weighted by atomic mass is 9.91. The summed E-state index contributed by atoms with van der Waals surface area (Å²) in [5.74, 6) is 3.92. The van der Waals surface area contributed by atoms with E-state index in [4.69, 9.17) is 40.5 Å². The Hall–Kier alpha value is -1.62. The Morgan fingerprint density at radius 3 is 0.906 bits per heavy atom.